The highest BCUT2D eigenvalue weighted by atomic mass is 16.2. The van der Waals surface area contributed by atoms with E-state index in [0.717, 1.165) is 30.6 Å². The number of rotatable bonds is 6. The highest BCUT2D eigenvalue weighted by molar-refractivity contribution is 6.04. The summed E-state index contributed by atoms with van der Waals surface area (Å²) in [4.78, 5) is 29.7. The fourth-order valence-corrected chi connectivity index (χ4v) is 2.98. The van der Waals surface area contributed by atoms with Crippen LogP contribution in [0, 0.1) is 0 Å². The van der Waals surface area contributed by atoms with E-state index >= 15 is 0 Å². The molecule has 5 heteroatoms. The van der Waals surface area contributed by atoms with Crippen LogP contribution in [0.15, 0.2) is 59.4 Å². The molecule has 0 saturated carbocycles. The quantitative estimate of drug-likeness (QED) is 0.714. The average Bonchev–Trinajstić information content (AvgIpc) is 2.66. The molecule has 0 aliphatic heterocycles. The van der Waals surface area contributed by atoms with Gasteiger partial charge in [-0.3, -0.25) is 14.5 Å². The third kappa shape index (κ3) is 4.00. The number of hydrogen-bond donors (Lipinski definition) is 2. The normalized spacial score (nSPS) is 11.0. The van der Waals surface area contributed by atoms with E-state index in [0.29, 0.717) is 11.1 Å². The van der Waals surface area contributed by atoms with Crippen LogP contribution in [0.4, 0.5) is 5.69 Å². The zero-order chi connectivity index (χ0) is 18.5. The van der Waals surface area contributed by atoms with Crippen molar-refractivity contribution in [2.45, 2.75) is 20.4 Å². The van der Waals surface area contributed by atoms with Crippen LogP contribution in [-0.2, 0) is 6.54 Å². The summed E-state index contributed by atoms with van der Waals surface area (Å²) < 4.78 is 0. The van der Waals surface area contributed by atoms with Crippen molar-refractivity contribution >= 4 is 22.4 Å². The smallest absolute Gasteiger partial charge is 0.272 e. The largest absolute Gasteiger partial charge is 0.321 e. The third-order valence-electron chi connectivity index (χ3n) is 4.48. The SMILES string of the molecule is CCN(CC)Cc1cccc(NC(=O)c2cc3ccccc3c(=O)[nH]2)c1. The second-order valence-electron chi connectivity index (χ2n) is 6.22. The average molecular weight is 349 g/mol. The van der Waals surface area contributed by atoms with Gasteiger partial charge < -0.3 is 10.3 Å². The van der Waals surface area contributed by atoms with Crippen LogP contribution in [0.1, 0.15) is 29.9 Å². The van der Waals surface area contributed by atoms with E-state index in [9.17, 15) is 9.59 Å². The van der Waals surface area contributed by atoms with E-state index in [2.05, 4.69) is 29.0 Å². The van der Waals surface area contributed by atoms with Crippen LogP contribution in [0.5, 0.6) is 0 Å². The van der Waals surface area contributed by atoms with Crippen LogP contribution in [0.2, 0.25) is 0 Å². The Kier molecular flexibility index (Phi) is 5.49. The third-order valence-corrected chi connectivity index (χ3v) is 4.48. The van der Waals surface area contributed by atoms with Crippen molar-refractivity contribution in [3.05, 3.63) is 76.2 Å². The molecule has 26 heavy (non-hydrogen) atoms. The molecule has 1 heterocycles. The molecular weight excluding hydrogens is 326 g/mol. The monoisotopic (exact) mass is 349 g/mol. The van der Waals surface area contributed by atoms with Crippen LogP contribution >= 0.6 is 0 Å². The van der Waals surface area contributed by atoms with E-state index in [-0.39, 0.29) is 17.2 Å². The van der Waals surface area contributed by atoms with E-state index in [1.807, 2.05) is 36.4 Å². The van der Waals surface area contributed by atoms with Gasteiger partial charge in [0.25, 0.3) is 11.5 Å². The van der Waals surface area contributed by atoms with Crippen molar-refractivity contribution in [1.82, 2.24) is 9.88 Å². The molecular formula is C21H23N3O2. The summed E-state index contributed by atoms with van der Waals surface area (Å²) in [6.07, 6.45) is 0. The summed E-state index contributed by atoms with van der Waals surface area (Å²) in [5.41, 5.74) is 1.85. The molecule has 1 aromatic heterocycles. The molecule has 0 bridgehead atoms. The van der Waals surface area contributed by atoms with Crippen molar-refractivity contribution in [2.75, 3.05) is 18.4 Å². The van der Waals surface area contributed by atoms with Gasteiger partial charge in [0.2, 0.25) is 0 Å². The maximum Gasteiger partial charge on any atom is 0.272 e. The molecule has 1 amide bonds. The van der Waals surface area contributed by atoms with Gasteiger partial charge in [-0.2, -0.15) is 0 Å². The van der Waals surface area contributed by atoms with Gasteiger partial charge in [-0.25, -0.2) is 0 Å². The molecule has 134 valence electrons. The lowest BCUT2D eigenvalue weighted by atomic mass is 10.1. The molecule has 3 rings (SSSR count). The van der Waals surface area contributed by atoms with Gasteiger partial charge in [0.15, 0.2) is 0 Å². The number of carbonyl (C=O) groups excluding carboxylic acids is 1. The molecule has 0 saturated heterocycles. The van der Waals surface area contributed by atoms with Gasteiger partial charge in [0.05, 0.1) is 0 Å². The topological polar surface area (TPSA) is 65.2 Å². The standard InChI is InChI=1S/C21H23N3O2/c1-3-24(4-2)14-15-8-7-10-17(12-15)22-21(26)19-13-16-9-5-6-11-18(16)20(25)23-19/h5-13H,3-4,14H2,1-2H3,(H,22,26)(H,23,25). The minimum absolute atomic E-state index is 0.253. The van der Waals surface area contributed by atoms with Crippen LogP contribution in [0.25, 0.3) is 10.8 Å². The van der Waals surface area contributed by atoms with E-state index in [4.69, 9.17) is 0 Å². The van der Waals surface area contributed by atoms with E-state index in [1.54, 1.807) is 18.2 Å². The van der Waals surface area contributed by atoms with Crippen LogP contribution in [-0.4, -0.2) is 28.9 Å². The molecule has 0 radical (unpaired) electrons. The maximum atomic E-state index is 12.6. The van der Waals surface area contributed by atoms with Gasteiger partial charge >= 0.3 is 0 Å². The number of pyridine rings is 1. The molecule has 0 spiro atoms. The highest BCUT2D eigenvalue weighted by Gasteiger charge is 2.10. The predicted molar refractivity (Wildman–Crippen MR) is 106 cm³/mol. The summed E-state index contributed by atoms with van der Waals surface area (Å²) in [5.74, 6) is -0.326. The van der Waals surface area contributed by atoms with Crippen molar-refractivity contribution in [2.24, 2.45) is 0 Å². The first-order chi connectivity index (χ1) is 12.6. The van der Waals surface area contributed by atoms with Gasteiger partial charge in [0, 0.05) is 17.6 Å². The number of hydrogen-bond acceptors (Lipinski definition) is 3. The first-order valence-electron chi connectivity index (χ1n) is 8.85. The Balaban J connectivity index is 1.81. The molecule has 0 atom stereocenters. The lowest BCUT2D eigenvalue weighted by Gasteiger charge is -2.18. The number of aromatic amines is 1. The zero-order valence-electron chi connectivity index (χ0n) is 15.1. The van der Waals surface area contributed by atoms with Gasteiger partial charge in [-0.15, -0.1) is 0 Å². The minimum atomic E-state index is -0.326. The molecule has 3 aromatic rings. The number of H-pyrrole nitrogens is 1. The molecule has 0 fully saturated rings. The maximum absolute atomic E-state index is 12.6. The molecule has 2 aromatic carbocycles. The lowest BCUT2D eigenvalue weighted by Crippen LogP contribution is -2.22. The Morgan fingerprint density at radius 2 is 1.81 bits per heavy atom. The second kappa shape index (κ2) is 7.97. The highest BCUT2D eigenvalue weighted by Crippen LogP contribution is 2.15. The second-order valence-corrected chi connectivity index (χ2v) is 6.22. The first-order valence-corrected chi connectivity index (χ1v) is 8.85. The summed E-state index contributed by atoms with van der Waals surface area (Å²) in [5, 5.41) is 4.19. The number of aromatic nitrogens is 1. The molecule has 0 aliphatic carbocycles. The molecule has 0 aliphatic rings. The zero-order valence-corrected chi connectivity index (χ0v) is 15.1. The number of benzene rings is 2. The van der Waals surface area contributed by atoms with Crippen molar-refractivity contribution in [3.63, 3.8) is 0 Å². The van der Waals surface area contributed by atoms with Gasteiger partial charge in [0.1, 0.15) is 5.69 Å². The predicted octanol–water partition coefficient (Wildman–Crippen LogP) is 3.62. The van der Waals surface area contributed by atoms with Crippen molar-refractivity contribution in [3.8, 4) is 0 Å². The molecule has 5 nitrogen and oxygen atoms in total. The number of anilines is 1. The summed E-state index contributed by atoms with van der Waals surface area (Å²) in [7, 11) is 0. The number of carbonyl (C=O) groups is 1. The van der Waals surface area contributed by atoms with E-state index < -0.39 is 0 Å². The minimum Gasteiger partial charge on any atom is -0.321 e. The van der Waals surface area contributed by atoms with Crippen molar-refractivity contribution in [1.29, 1.82) is 0 Å². The first kappa shape index (κ1) is 17.9. The Labute approximate surface area is 152 Å². The molecule has 0 unspecified atom stereocenters. The fourth-order valence-electron chi connectivity index (χ4n) is 2.98. The summed E-state index contributed by atoms with van der Waals surface area (Å²) in [6.45, 7) is 7.05. The van der Waals surface area contributed by atoms with Gasteiger partial charge in [-0.1, -0.05) is 44.2 Å². The number of fused-ring (bicyclic) bond motifs is 1. The number of nitrogens with zero attached hydrogens (tertiary/aromatic N) is 1. The Morgan fingerprint density at radius 3 is 2.58 bits per heavy atom. The molecule has 2 N–H and O–H groups in total. The number of nitrogens with one attached hydrogen (secondary N) is 2. The van der Waals surface area contributed by atoms with Crippen LogP contribution in [0.3, 0.4) is 0 Å². The fraction of sp³-hybridized carbons (Fsp3) is 0.238. The Morgan fingerprint density at radius 1 is 1.04 bits per heavy atom. The van der Waals surface area contributed by atoms with Gasteiger partial charge in [-0.05, 0) is 48.3 Å². The summed E-state index contributed by atoms with van der Waals surface area (Å²) >= 11 is 0. The number of amides is 1. The lowest BCUT2D eigenvalue weighted by molar-refractivity contribution is 0.102. The Bertz CT molecular complexity index is 974. The van der Waals surface area contributed by atoms with Crippen molar-refractivity contribution < 1.29 is 4.79 Å². The summed E-state index contributed by atoms with van der Waals surface area (Å²) in [6, 6.07) is 16.7. The Hall–Kier alpha value is -2.92. The van der Waals surface area contributed by atoms with Crippen LogP contribution < -0.4 is 10.9 Å². The van der Waals surface area contributed by atoms with E-state index in [1.165, 1.54) is 0 Å².